The molecule has 1 unspecified atom stereocenters. The van der Waals surface area contributed by atoms with Gasteiger partial charge in [-0.15, -0.1) is 0 Å². The second-order valence-electron chi connectivity index (χ2n) is 6.84. The van der Waals surface area contributed by atoms with Crippen LogP contribution in [0, 0.1) is 12.7 Å². The minimum atomic E-state index is -0.254. The molecular formula is C22H21FN4O. The van der Waals surface area contributed by atoms with Crippen LogP contribution in [0.15, 0.2) is 65.6 Å². The Bertz CT molecular complexity index is 1160. The molecule has 0 radical (unpaired) electrons. The SMILES string of the molecule is Cc1nc(C(Cc2c[nH]c3ccccc23)NCc2ccccc2F)cc(=O)[nH]1. The maximum atomic E-state index is 14.0. The Morgan fingerprint density at radius 1 is 1.11 bits per heavy atom. The third-order valence-electron chi connectivity index (χ3n) is 4.83. The number of hydrogen-bond acceptors (Lipinski definition) is 3. The summed E-state index contributed by atoms with van der Waals surface area (Å²) in [5.41, 5.74) is 3.19. The number of rotatable bonds is 6. The third-order valence-corrected chi connectivity index (χ3v) is 4.83. The number of aromatic amines is 2. The number of benzene rings is 2. The van der Waals surface area contributed by atoms with Crippen molar-refractivity contribution < 1.29 is 4.39 Å². The van der Waals surface area contributed by atoms with Crippen LogP contribution in [0.5, 0.6) is 0 Å². The molecule has 28 heavy (non-hydrogen) atoms. The Kier molecular flexibility index (Phi) is 5.04. The predicted molar refractivity (Wildman–Crippen MR) is 108 cm³/mol. The highest BCUT2D eigenvalue weighted by molar-refractivity contribution is 5.83. The average molecular weight is 376 g/mol. The summed E-state index contributed by atoms with van der Waals surface area (Å²) >= 11 is 0. The van der Waals surface area contributed by atoms with Crippen LogP contribution in [0.1, 0.15) is 28.7 Å². The standard InChI is InChI=1S/C22H21FN4O/c1-14-26-21(11-22(28)27-14)20(25-12-15-6-2-4-8-18(15)23)10-16-13-24-19-9-5-3-7-17(16)19/h2-9,11,13,20,24-25H,10,12H2,1H3,(H,26,27,28). The van der Waals surface area contributed by atoms with Crippen LogP contribution in [0.25, 0.3) is 10.9 Å². The molecule has 2 aromatic heterocycles. The van der Waals surface area contributed by atoms with E-state index in [1.807, 2.05) is 30.5 Å². The lowest BCUT2D eigenvalue weighted by atomic mass is 10.0. The molecule has 4 aromatic rings. The van der Waals surface area contributed by atoms with Crippen molar-refractivity contribution >= 4 is 10.9 Å². The molecule has 0 saturated heterocycles. The molecular weight excluding hydrogens is 355 g/mol. The molecule has 142 valence electrons. The van der Waals surface area contributed by atoms with Crippen molar-refractivity contribution in [3.05, 3.63) is 99.6 Å². The molecule has 3 N–H and O–H groups in total. The fourth-order valence-corrected chi connectivity index (χ4v) is 3.46. The maximum Gasteiger partial charge on any atom is 0.251 e. The van der Waals surface area contributed by atoms with Crippen molar-refractivity contribution in [2.24, 2.45) is 0 Å². The molecule has 1 atom stereocenters. The van der Waals surface area contributed by atoms with Crippen molar-refractivity contribution in [3.8, 4) is 0 Å². The van der Waals surface area contributed by atoms with Gasteiger partial charge in [-0.05, 0) is 31.0 Å². The number of aromatic nitrogens is 3. The first-order chi connectivity index (χ1) is 13.6. The molecule has 2 heterocycles. The number of H-pyrrole nitrogens is 2. The molecule has 0 spiro atoms. The highest BCUT2D eigenvalue weighted by Crippen LogP contribution is 2.24. The second-order valence-corrected chi connectivity index (χ2v) is 6.84. The van der Waals surface area contributed by atoms with E-state index in [4.69, 9.17) is 0 Å². The van der Waals surface area contributed by atoms with Crippen LogP contribution in [0.3, 0.4) is 0 Å². The largest absolute Gasteiger partial charge is 0.361 e. The lowest BCUT2D eigenvalue weighted by Crippen LogP contribution is -2.26. The summed E-state index contributed by atoms with van der Waals surface area (Å²) in [6, 6.07) is 16.0. The van der Waals surface area contributed by atoms with Gasteiger partial charge in [-0.1, -0.05) is 36.4 Å². The van der Waals surface area contributed by atoms with E-state index in [-0.39, 0.29) is 17.4 Å². The topological polar surface area (TPSA) is 73.6 Å². The normalized spacial score (nSPS) is 12.4. The van der Waals surface area contributed by atoms with Crippen LogP contribution in [0.2, 0.25) is 0 Å². The van der Waals surface area contributed by atoms with Crippen molar-refractivity contribution in [2.75, 3.05) is 0 Å². The summed E-state index contributed by atoms with van der Waals surface area (Å²) in [5.74, 6) is 0.301. The predicted octanol–water partition coefficient (Wildman–Crippen LogP) is 3.77. The van der Waals surface area contributed by atoms with Crippen LogP contribution in [0.4, 0.5) is 4.39 Å². The van der Waals surface area contributed by atoms with E-state index < -0.39 is 0 Å². The first kappa shape index (κ1) is 18.1. The first-order valence-electron chi connectivity index (χ1n) is 9.20. The van der Waals surface area contributed by atoms with Gasteiger partial charge >= 0.3 is 0 Å². The molecule has 0 aliphatic carbocycles. The molecule has 4 rings (SSSR count). The van der Waals surface area contributed by atoms with Gasteiger partial charge in [0, 0.05) is 35.3 Å². The van der Waals surface area contributed by atoms with Crippen LogP contribution >= 0.6 is 0 Å². The zero-order chi connectivity index (χ0) is 19.5. The smallest absolute Gasteiger partial charge is 0.251 e. The average Bonchev–Trinajstić information content (AvgIpc) is 3.08. The van der Waals surface area contributed by atoms with Crippen LogP contribution < -0.4 is 10.9 Å². The highest BCUT2D eigenvalue weighted by Gasteiger charge is 2.17. The number of aryl methyl sites for hydroxylation is 1. The van der Waals surface area contributed by atoms with E-state index in [0.29, 0.717) is 30.0 Å². The fourth-order valence-electron chi connectivity index (χ4n) is 3.46. The number of halogens is 1. The first-order valence-corrected chi connectivity index (χ1v) is 9.20. The maximum absolute atomic E-state index is 14.0. The molecule has 5 nitrogen and oxygen atoms in total. The van der Waals surface area contributed by atoms with Gasteiger partial charge in [-0.2, -0.15) is 0 Å². The van der Waals surface area contributed by atoms with Crippen molar-refractivity contribution in [1.82, 2.24) is 20.3 Å². The summed E-state index contributed by atoms with van der Waals surface area (Å²) < 4.78 is 14.0. The summed E-state index contributed by atoms with van der Waals surface area (Å²) in [5, 5.41) is 4.51. The van der Waals surface area contributed by atoms with E-state index in [0.717, 1.165) is 16.5 Å². The minimum Gasteiger partial charge on any atom is -0.361 e. The number of para-hydroxylation sites is 1. The zero-order valence-electron chi connectivity index (χ0n) is 15.5. The number of nitrogens with one attached hydrogen (secondary N) is 3. The summed E-state index contributed by atoms with van der Waals surface area (Å²) in [4.78, 5) is 22.4. The molecule has 0 aliphatic rings. The Morgan fingerprint density at radius 3 is 2.71 bits per heavy atom. The van der Waals surface area contributed by atoms with Crippen molar-refractivity contribution in [2.45, 2.75) is 25.9 Å². The molecule has 2 aromatic carbocycles. The highest BCUT2D eigenvalue weighted by atomic mass is 19.1. The summed E-state index contributed by atoms with van der Waals surface area (Å²) in [6.45, 7) is 2.09. The Labute approximate surface area is 161 Å². The number of fused-ring (bicyclic) bond motifs is 1. The van der Waals surface area contributed by atoms with Gasteiger partial charge in [-0.3, -0.25) is 4.79 Å². The molecule has 0 bridgehead atoms. The molecule has 0 aliphatic heterocycles. The monoisotopic (exact) mass is 376 g/mol. The van der Waals surface area contributed by atoms with Gasteiger partial charge in [0.2, 0.25) is 0 Å². The third kappa shape index (κ3) is 3.87. The summed E-state index contributed by atoms with van der Waals surface area (Å²) in [7, 11) is 0. The van der Waals surface area contributed by atoms with Crippen LogP contribution in [-0.2, 0) is 13.0 Å². The van der Waals surface area contributed by atoms with Gasteiger partial charge in [0.05, 0.1) is 11.7 Å². The van der Waals surface area contributed by atoms with Crippen LogP contribution in [-0.4, -0.2) is 15.0 Å². The zero-order valence-corrected chi connectivity index (χ0v) is 15.5. The molecule has 6 heteroatoms. The minimum absolute atomic E-state index is 0.195. The van der Waals surface area contributed by atoms with Gasteiger partial charge in [0.1, 0.15) is 11.6 Å². The lowest BCUT2D eigenvalue weighted by molar-refractivity contribution is 0.502. The molecule has 0 amide bonds. The van der Waals surface area contributed by atoms with Gasteiger partial charge in [0.25, 0.3) is 5.56 Å². The molecule has 0 saturated carbocycles. The van der Waals surface area contributed by atoms with Crippen molar-refractivity contribution in [1.29, 1.82) is 0 Å². The Morgan fingerprint density at radius 2 is 1.89 bits per heavy atom. The van der Waals surface area contributed by atoms with E-state index in [2.05, 4.69) is 26.3 Å². The lowest BCUT2D eigenvalue weighted by Gasteiger charge is -2.19. The van der Waals surface area contributed by atoms with Gasteiger partial charge < -0.3 is 15.3 Å². The summed E-state index contributed by atoms with van der Waals surface area (Å²) in [6.07, 6.45) is 2.59. The Balaban J connectivity index is 1.66. The van der Waals surface area contributed by atoms with E-state index >= 15 is 0 Å². The van der Waals surface area contributed by atoms with Gasteiger partial charge in [-0.25, -0.2) is 9.37 Å². The van der Waals surface area contributed by atoms with E-state index in [9.17, 15) is 9.18 Å². The second kappa shape index (κ2) is 7.78. The number of hydrogen-bond donors (Lipinski definition) is 3. The quantitative estimate of drug-likeness (QED) is 0.480. The Hall–Kier alpha value is -3.25. The van der Waals surface area contributed by atoms with E-state index in [1.165, 1.54) is 12.1 Å². The molecule has 0 fully saturated rings. The van der Waals surface area contributed by atoms with Gasteiger partial charge in [0.15, 0.2) is 0 Å². The fraction of sp³-hybridized carbons (Fsp3) is 0.182. The van der Waals surface area contributed by atoms with Crippen molar-refractivity contribution in [3.63, 3.8) is 0 Å². The number of nitrogens with zero attached hydrogens (tertiary/aromatic N) is 1. The van der Waals surface area contributed by atoms with E-state index in [1.54, 1.807) is 19.1 Å².